The third-order valence-corrected chi connectivity index (χ3v) is 3.67. The van der Waals surface area contributed by atoms with Crippen LogP contribution in [0, 0.1) is 0 Å². The van der Waals surface area contributed by atoms with Crippen LogP contribution in [0.4, 0.5) is 5.82 Å². The van der Waals surface area contributed by atoms with Crippen LogP contribution in [0.1, 0.15) is 23.7 Å². The van der Waals surface area contributed by atoms with Crippen LogP contribution in [0.3, 0.4) is 0 Å². The average molecular weight is 315 g/mol. The van der Waals surface area contributed by atoms with Gasteiger partial charge in [0.25, 0.3) is 0 Å². The summed E-state index contributed by atoms with van der Waals surface area (Å²) in [5.41, 5.74) is 0.200. The molecule has 0 aliphatic carbocycles. The number of halogens is 1. The summed E-state index contributed by atoms with van der Waals surface area (Å²) in [6.45, 7) is 2.70. The lowest BCUT2D eigenvalue weighted by Crippen LogP contribution is -2.38. The topological polar surface area (TPSA) is 62.7 Å². The number of likely N-dealkylation sites (N-methyl/N-ethyl adjacent to an activating group) is 1. The Morgan fingerprint density at radius 1 is 1.67 bits per heavy atom. The molecule has 0 bridgehead atoms. The Bertz CT molecular complexity index is 467. The Morgan fingerprint density at radius 2 is 2.39 bits per heavy atom. The first-order valence-corrected chi connectivity index (χ1v) is 6.53. The maximum Gasteiger partial charge on any atom is 0.339 e. The van der Waals surface area contributed by atoms with Crippen molar-refractivity contribution >= 4 is 27.7 Å². The second kappa shape index (κ2) is 5.24. The molecule has 2 atom stereocenters. The van der Waals surface area contributed by atoms with E-state index in [1.807, 2.05) is 18.9 Å². The highest BCUT2D eigenvalue weighted by Crippen LogP contribution is 2.27. The lowest BCUT2D eigenvalue weighted by Gasteiger charge is -2.28. The number of pyridine rings is 1. The molecular weight excluding hydrogens is 300 g/mol. The summed E-state index contributed by atoms with van der Waals surface area (Å²) in [7, 11) is 1.86. The van der Waals surface area contributed by atoms with Gasteiger partial charge in [-0.05, 0) is 35.3 Å². The summed E-state index contributed by atoms with van der Waals surface area (Å²) >= 11 is 3.24. The van der Waals surface area contributed by atoms with E-state index in [1.54, 1.807) is 12.3 Å². The number of hydrogen-bond donors (Lipinski definition) is 1. The molecule has 18 heavy (non-hydrogen) atoms. The smallest absolute Gasteiger partial charge is 0.339 e. The lowest BCUT2D eigenvalue weighted by molar-refractivity contribution is 0.0696. The van der Waals surface area contributed by atoms with Crippen LogP contribution in [0.5, 0.6) is 0 Å². The molecule has 1 saturated heterocycles. The van der Waals surface area contributed by atoms with Gasteiger partial charge in [0.2, 0.25) is 0 Å². The van der Waals surface area contributed by atoms with Crippen molar-refractivity contribution in [3.8, 4) is 0 Å². The van der Waals surface area contributed by atoms with E-state index in [4.69, 9.17) is 4.74 Å². The summed E-state index contributed by atoms with van der Waals surface area (Å²) in [6, 6.07) is 1.73. The number of carboxylic acid groups (broad SMARTS) is 1. The molecule has 5 nitrogen and oxygen atoms in total. The third-order valence-electron chi connectivity index (χ3n) is 3.23. The van der Waals surface area contributed by atoms with E-state index in [0.717, 1.165) is 6.42 Å². The minimum absolute atomic E-state index is 0.0853. The fourth-order valence-electron chi connectivity index (χ4n) is 2.26. The maximum absolute atomic E-state index is 11.3. The SMILES string of the molecule is CC1OCCC1N(C)c1ncc(Br)cc1C(=O)O. The molecule has 1 fully saturated rings. The van der Waals surface area contributed by atoms with Crippen molar-refractivity contribution in [3.05, 3.63) is 22.3 Å². The van der Waals surface area contributed by atoms with Gasteiger partial charge in [0, 0.05) is 24.3 Å². The molecule has 2 heterocycles. The number of carbonyl (C=O) groups is 1. The van der Waals surface area contributed by atoms with Crippen molar-refractivity contribution in [3.63, 3.8) is 0 Å². The van der Waals surface area contributed by atoms with E-state index < -0.39 is 5.97 Å². The molecule has 1 N–H and O–H groups in total. The first-order valence-electron chi connectivity index (χ1n) is 5.74. The molecule has 6 heteroatoms. The minimum atomic E-state index is -0.975. The number of rotatable bonds is 3. The number of aromatic carboxylic acids is 1. The normalized spacial score (nSPS) is 23.1. The van der Waals surface area contributed by atoms with Crippen molar-refractivity contribution in [2.75, 3.05) is 18.6 Å². The summed E-state index contributed by atoms with van der Waals surface area (Å²) in [6.07, 6.45) is 2.58. The molecular formula is C12H15BrN2O3. The largest absolute Gasteiger partial charge is 0.478 e. The number of hydrogen-bond acceptors (Lipinski definition) is 4. The van der Waals surface area contributed by atoms with Crippen LogP contribution < -0.4 is 4.90 Å². The van der Waals surface area contributed by atoms with Gasteiger partial charge in [-0.2, -0.15) is 0 Å². The standard InChI is InChI=1S/C12H15BrN2O3/c1-7-10(3-4-18-7)15(2)11-9(12(16)17)5-8(13)6-14-11/h5-7,10H,3-4H2,1-2H3,(H,16,17). The second-order valence-corrected chi connectivity index (χ2v) is 5.29. The number of ether oxygens (including phenoxy) is 1. The molecule has 1 aliphatic rings. The average Bonchev–Trinajstić information content (AvgIpc) is 2.74. The van der Waals surface area contributed by atoms with Crippen LogP contribution in [-0.4, -0.2) is 41.9 Å². The predicted molar refractivity (Wildman–Crippen MR) is 71.1 cm³/mol. The van der Waals surface area contributed by atoms with Crippen LogP contribution >= 0.6 is 15.9 Å². The van der Waals surface area contributed by atoms with Crippen LogP contribution in [-0.2, 0) is 4.74 Å². The summed E-state index contributed by atoms with van der Waals surface area (Å²) in [5.74, 6) is -0.495. The number of nitrogens with zero attached hydrogens (tertiary/aromatic N) is 2. The molecule has 0 amide bonds. The van der Waals surface area contributed by atoms with Gasteiger partial charge in [-0.25, -0.2) is 9.78 Å². The van der Waals surface area contributed by atoms with Crippen LogP contribution in [0.2, 0.25) is 0 Å². The van der Waals surface area contributed by atoms with Crippen LogP contribution in [0.15, 0.2) is 16.7 Å². The van der Waals surface area contributed by atoms with Gasteiger partial charge in [0.1, 0.15) is 11.4 Å². The van der Waals surface area contributed by atoms with Gasteiger partial charge in [0.15, 0.2) is 0 Å². The van der Waals surface area contributed by atoms with Gasteiger partial charge in [0.05, 0.1) is 12.1 Å². The number of anilines is 1. The lowest BCUT2D eigenvalue weighted by atomic mass is 10.1. The summed E-state index contributed by atoms with van der Waals surface area (Å²) < 4.78 is 6.17. The van der Waals surface area contributed by atoms with E-state index in [1.165, 1.54) is 0 Å². The van der Waals surface area contributed by atoms with Gasteiger partial charge in [-0.1, -0.05) is 0 Å². The Morgan fingerprint density at radius 3 is 2.94 bits per heavy atom. The van der Waals surface area contributed by atoms with E-state index in [2.05, 4.69) is 20.9 Å². The Kier molecular flexibility index (Phi) is 3.87. The zero-order valence-electron chi connectivity index (χ0n) is 10.3. The fourth-order valence-corrected chi connectivity index (χ4v) is 2.59. The summed E-state index contributed by atoms with van der Waals surface area (Å²) in [5, 5.41) is 9.23. The zero-order valence-corrected chi connectivity index (χ0v) is 11.8. The Labute approximate surface area is 114 Å². The van der Waals surface area contributed by atoms with Gasteiger partial charge in [-0.15, -0.1) is 0 Å². The highest BCUT2D eigenvalue weighted by molar-refractivity contribution is 9.10. The molecule has 0 saturated carbocycles. The van der Waals surface area contributed by atoms with E-state index in [-0.39, 0.29) is 17.7 Å². The molecule has 0 spiro atoms. The van der Waals surface area contributed by atoms with Crippen LogP contribution in [0.25, 0.3) is 0 Å². The molecule has 98 valence electrons. The first kappa shape index (κ1) is 13.3. The molecule has 2 unspecified atom stereocenters. The number of aromatic nitrogens is 1. The first-order chi connectivity index (χ1) is 8.50. The van der Waals surface area contributed by atoms with Crippen molar-refractivity contribution < 1.29 is 14.6 Å². The van der Waals surface area contributed by atoms with Crippen molar-refractivity contribution in [1.82, 2.24) is 4.98 Å². The molecule has 1 aliphatic heterocycles. The maximum atomic E-state index is 11.3. The predicted octanol–water partition coefficient (Wildman–Crippen LogP) is 2.16. The fraction of sp³-hybridized carbons (Fsp3) is 0.500. The number of carboxylic acids is 1. The van der Waals surface area contributed by atoms with Gasteiger partial charge < -0.3 is 14.7 Å². The Balaban J connectivity index is 2.35. The molecule has 2 rings (SSSR count). The van der Waals surface area contributed by atoms with E-state index in [0.29, 0.717) is 16.9 Å². The quantitative estimate of drug-likeness (QED) is 0.926. The second-order valence-electron chi connectivity index (χ2n) is 4.37. The highest BCUT2D eigenvalue weighted by atomic mass is 79.9. The van der Waals surface area contributed by atoms with Crippen molar-refractivity contribution in [1.29, 1.82) is 0 Å². The highest BCUT2D eigenvalue weighted by Gasteiger charge is 2.30. The van der Waals surface area contributed by atoms with Crippen molar-refractivity contribution in [2.45, 2.75) is 25.5 Å². The third kappa shape index (κ3) is 2.49. The zero-order chi connectivity index (χ0) is 13.3. The molecule has 1 aromatic rings. The van der Waals surface area contributed by atoms with Crippen molar-refractivity contribution in [2.24, 2.45) is 0 Å². The van der Waals surface area contributed by atoms with Gasteiger partial charge in [-0.3, -0.25) is 0 Å². The molecule has 0 radical (unpaired) electrons. The minimum Gasteiger partial charge on any atom is -0.478 e. The molecule has 1 aromatic heterocycles. The van der Waals surface area contributed by atoms with E-state index in [9.17, 15) is 9.90 Å². The monoisotopic (exact) mass is 314 g/mol. The summed E-state index contributed by atoms with van der Waals surface area (Å²) in [4.78, 5) is 17.4. The van der Waals surface area contributed by atoms with E-state index >= 15 is 0 Å². The Hall–Kier alpha value is -1.14. The van der Waals surface area contributed by atoms with Gasteiger partial charge >= 0.3 is 5.97 Å². The molecule has 0 aromatic carbocycles.